The first-order chi connectivity index (χ1) is 28.1. The average Bonchev–Trinajstić information content (AvgIpc) is 3.75. The summed E-state index contributed by atoms with van der Waals surface area (Å²) >= 11 is 0. The number of fused-ring (bicyclic) bond motifs is 7. The lowest BCUT2D eigenvalue weighted by Gasteiger charge is -2.63. The number of hydrogen-bond donors (Lipinski definition) is 2. The number of halogens is 2. The number of allylic oxidation sites excluding steroid dienone is 4. The van der Waals surface area contributed by atoms with Crippen molar-refractivity contribution >= 4 is 50.9 Å². The zero-order chi connectivity index (χ0) is 43.6. The van der Waals surface area contributed by atoms with Gasteiger partial charge in [0.25, 0.3) is 27.5 Å². The molecule has 7 aliphatic rings. The minimum Gasteiger partial charge on any atom is -0.756 e. The summed E-state index contributed by atoms with van der Waals surface area (Å²) in [6.45, 7) is 0.425. The molecule has 2 unspecified atom stereocenters. The summed E-state index contributed by atoms with van der Waals surface area (Å²) in [5.41, 5.74) is -7.79. The molecular formula is C37H46F2N2O17P2-2. The van der Waals surface area contributed by atoms with Crippen molar-refractivity contribution in [3.05, 3.63) is 23.8 Å². The number of nitrogens with zero attached hydrogens (tertiary/aromatic N) is 1. The number of ketones is 2. The smallest absolute Gasteiger partial charge is 0.333 e. The Hall–Kier alpha value is -3.10. The van der Waals surface area contributed by atoms with Gasteiger partial charge in [-0.1, -0.05) is 19.4 Å². The maximum Gasteiger partial charge on any atom is 0.333 e. The number of imide groups is 1. The molecule has 23 heteroatoms. The van der Waals surface area contributed by atoms with Crippen molar-refractivity contribution in [1.29, 1.82) is 0 Å². The second-order valence-electron chi connectivity index (χ2n) is 16.9. The maximum absolute atomic E-state index is 17.7. The standard InChI is InChI=1S/C37H48F2N2O17P2/c1-34-12-11-21(42)15-24(34)25(38)16-23-22-17-28-37(56-33(55-28)20-5-3-6-20,35(22,2)18-26(43)36(23,34)39)27(44)19-54-60(51,52)58-59(49,50)53-14-13-40-29(45)7-4-8-32(48)57-41-30(46)9-10-31(41)47/h11-12,15,20,22-23,25-26,28,33,43H,3-10,13-14,16-19H2,1-2H3,(H,40,45)(H,49,50)(H,51,52)/p-2/t22-,23-,25-,26-,28+,33+,34-,35-,36-,37+/m0/s1. The van der Waals surface area contributed by atoms with E-state index in [0.29, 0.717) is 17.9 Å². The van der Waals surface area contributed by atoms with Crippen LogP contribution >= 0.6 is 15.6 Å². The predicted molar refractivity (Wildman–Crippen MR) is 191 cm³/mol. The lowest BCUT2D eigenvalue weighted by Crippen LogP contribution is -2.71. The van der Waals surface area contributed by atoms with Crippen LogP contribution in [0.1, 0.15) is 84.5 Å². The Balaban J connectivity index is 0.958. The number of alkyl halides is 2. The topological polar surface area (TPSA) is 274 Å². The van der Waals surface area contributed by atoms with Crippen LogP contribution in [0.15, 0.2) is 23.8 Å². The first-order valence-corrected chi connectivity index (χ1v) is 22.8. The summed E-state index contributed by atoms with van der Waals surface area (Å²) in [4.78, 5) is 104. The van der Waals surface area contributed by atoms with Crippen molar-refractivity contribution in [3.63, 3.8) is 0 Å². The van der Waals surface area contributed by atoms with Crippen LogP contribution in [-0.2, 0) is 65.6 Å². The molecule has 332 valence electrons. The van der Waals surface area contributed by atoms with Gasteiger partial charge in [-0.25, -0.2) is 17.9 Å². The van der Waals surface area contributed by atoms with Gasteiger partial charge >= 0.3 is 5.97 Å². The molecule has 0 spiro atoms. The summed E-state index contributed by atoms with van der Waals surface area (Å²) in [6, 6.07) is 0. The summed E-state index contributed by atoms with van der Waals surface area (Å²) in [5, 5.41) is 14.4. The largest absolute Gasteiger partial charge is 0.756 e. The molecule has 60 heavy (non-hydrogen) atoms. The Morgan fingerprint density at radius 2 is 1.72 bits per heavy atom. The molecule has 7 rings (SSSR count). The Kier molecular flexibility index (Phi) is 12.2. The molecule has 2 aliphatic heterocycles. The van der Waals surface area contributed by atoms with Gasteiger partial charge in [-0.3, -0.25) is 33.1 Å². The lowest BCUT2D eigenvalue weighted by molar-refractivity contribution is -0.247. The van der Waals surface area contributed by atoms with Gasteiger partial charge < -0.3 is 43.6 Å². The SMILES string of the molecule is C[C@]12C=CC(=O)C=C1[C@@H](F)C[C@H]1[C@@H]3C[C@H]4O[C@@H](C5CCC5)O[C@@]4(C(=O)COP(=O)([O-])OP(=O)([O-])OCCNC(=O)CCCC(=O)ON4C(=O)CCC4=O)[C@@]3(C)C[C@H](O)[C@@]12F. The van der Waals surface area contributed by atoms with E-state index in [9.17, 15) is 52.8 Å². The highest BCUT2D eigenvalue weighted by Crippen LogP contribution is 2.72. The van der Waals surface area contributed by atoms with E-state index in [2.05, 4.69) is 14.2 Å². The van der Waals surface area contributed by atoms with Crippen LogP contribution in [-0.4, -0.2) is 101 Å². The van der Waals surface area contributed by atoms with E-state index in [1.54, 1.807) is 6.92 Å². The van der Waals surface area contributed by atoms with Gasteiger partial charge in [0.05, 0.1) is 18.8 Å². The fourth-order valence-electron chi connectivity index (χ4n) is 10.4. The van der Waals surface area contributed by atoms with E-state index in [0.717, 1.165) is 18.6 Å². The molecule has 12 atom stereocenters. The number of hydroxylamine groups is 2. The third-order valence-electron chi connectivity index (χ3n) is 13.5. The number of hydrogen-bond acceptors (Lipinski definition) is 17. The molecule has 0 bridgehead atoms. The van der Waals surface area contributed by atoms with Gasteiger partial charge in [-0.2, -0.15) is 0 Å². The number of amides is 3. The number of phosphoric ester groups is 2. The monoisotopic (exact) mass is 890 g/mol. The Bertz CT molecular complexity index is 1980. The summed E-state index contributed by atoms with van der Waals surface area (Å²) in [7, 11) is -11.6. The minimum absolute atomic E-state index is 0.0275. The highest BCUT2D eigenvalue weighted by Gasteiger charge is 2.80. The molecular weight excluding hydrogens is 844 g/mol. The first-order valence-electron chi connectivity index (χ1n) is 19.9. The number of rotatable bonds is 16. The summed E-state index contributed by atoms with van der Waals surface area (Å²) in [5.74, 6) is -6.63. The molecule has 0 radical (unpaired) electrons. The fourth-order valence-corrected chi connectivity index (χ4v) is 12.4. The van der Waals surface area contributed by atoms with Crippen LogP contribution in [0.3, 0.4) is 0 Å². The molecule has 4 saturated carbocycles. The number of carbonyl (C=O) groups excluding carboxylic acids is 6. The molecule has 6 fully saturated rings. The molecule has 0 aromatic carbocycles. The van der Waals surface area contributed by atoms with Gasteiger partial charge in [0.15, 0.2) is 29.1 Å². The zero-order valence-electron chi connectivity index (χ0n) is 32.7. The fraction of sp³-hybridized carbons (Fsp3) is 0.730. The number of carbonyl (C=O) groups is 6. The summed E-state index contributed by atoms with van der Waals surface area (Å²) < 4.78 is 85.2. The van der Waals surface area contributed by atoms with Crippen molar-refractivity contribution in [2.24, 2.45) is 28.6 Å². The van der Waals surface area contributed by atoms with Crippen LogP contribution in [0.5, 0.6) is 0 Å². The van der Waals surface area contributed by atoms with E-state index in [1.807, 2.05) is 0 Å². The number of nitrogens with one attached hydrogen (secondary N) is 1. The van der Waals surface area contributed by atoms with E-state index in [1.165, 1.54) is 13.0 Å². The van der Waals surface area contributed by atoms with Gasteiger partial charge in [0.1, 0.15) is 12.8 Å². The van der Waals surface area contributed by atoms with E-state index >= 15 is 8.78 Å². The van der Waals surface area contributed by atoms with Gasteiger partial charge in [-0.05, 0) is 69.1 Å². The average molecular weight is 891 g/mol. The number of ether oxygens (including phenoxy) is 2. The van der Waals surface area contributed by atoms with Crippen LogP contribution in [0, 0.1) is 28.6 Å². The molecule has 19 nitrogen and oxygen atoms in total. The van der Waals surface area contributed by atoms with E-state index < -0.39 is 142 Å². The van der Waals surface area contributed by atoms with Gasteiger partial charge in [0.2, 0.25) is 5.91 Å². The van der Waals surface area contributed by atoms with Gasteiger partial charge in [0, 0.05) is 54.9 Å². The third kappa shape index (κ3) is 7.70. The molecule has 2 heterocycles. The van der Waals surface area contributed by atoms with Gasteiger partial charge in [-0.15, -0.1) is 5.06 Å². The van der Waals surface area contributed by atoms with E-state index in [4.69, 9.17) is 18.8 Å². The maximum atomic E-state index is 17.7. The molecule has 0 aromatic rings. The molecule has 5 aliphatic carbocycles. The Labute approximate surface area is 342 Å². The van der Waals surface area contributed by atoms with Crippen molar-refractivity contribution < 1.29 is 89.2 Å². The summed E-state index contributed by atoms with van der Waals surface area (Å²) in [6.07, 6.45) is -1.53. The zero-order valence-corrected chi connectivity index (χ0v) is 34.5. The highest BCUT2D eigenvalue weighted by atomic mass is 31.3. The predicted octanol–water partition coefficient (Wildman–Crippen LogP) is 1.64. The lowest BCUT2D eigenvalue weighted by atomic mass is 9.44. The van der Waals surface area contributed by atoms with Crippen LogP contribution < -0.4 is 15.1 Å². The number of aliphatic hydroxyl groups is 1. The molecule has 2 saturated heterocycles. The van der Waals surface area contributed by atoms with Crippen LogP contribution in [0.4, 0.5) is 8.78 Å². The Morgan fingerprint density at radius 1 is 1.03 bits per heavy atom. The normalized spacial score (nSPS) is 39.1. The highest BCUT2D eigenvalue weighted by molar-refractivity contribution is 7.59. The second-order valence-corrected chi connectivity index (χ2v) is 19.8. The quantitative estimate of drug-likeness (QED) is 0.127. The molecule has 2 N–H and O–H groups in total. The molecule has 0 aromatic heterocycles. The second kappa shape index (κ2) is 16.2. The third-order valence-corrected chi connectivity index (χ3v) is 16.1. The van der Waals surface area contributed by atoms with E-state index in [-0.39, 0.29) is 50.0 Å². The Morgan fingerprint density at radius 3 is 2.38 bits per heavy atom. The van der Waals surface area contributed by atoms with Crippen molar-refractivity contribution in [2.45, 2.75) is 120 Å². The number of phosphoric acid groups is 2. The van der Waals surface area contributed by atoms with Crippen molar-refractivity contribution in [2.75, 3.05) is 19.8 Å². The van der Waals surface area contributed by atoms with Crippen molar-refractivity contribution in [1.82, 2.24) is 10.4 Å². The number of aliphatic hydroxyl groups excluding tert-OH is 1. The molecule has 3 amide bonds. The minimum atomic E-state index is -5.88. The van der Waals surface area contributed by atoms with Crippen LogP contribution in [0.2, 0.25) is 0 Å². The first kappa shape index (κ1) is 44.9. The van der Waals surface area contributed by atoms with Crippen molar-refractivity contribution in [3.8, 4) is 0 Å². The number of Topliss-reactive ketones (excluding diaryl/α,β-unsaturated/α-hetero) is 1. The van der Waals surface area contributed by atoms with Crippen LogP contribution in [0.25, 0.3) is 0 Å².